The van der Waals surface area contributed by atoms with Gasteiger partial charge in [0.05, 0.1) is 19.0 Å². The van der Waals surface area contributed by atoms with Crippen molar-refractivity contribution in [2.75, 3.05) is 7.11 Å². The first-order valence-electron chi connectivity index (χ1n) is 8.99. The minimum atomic E-state index is -1.15. The molecule has 4 rings (SSSR count). The average molecular weight is 410 g/mol. The largest absolute Gasteiger partial charge is 0.497 e. The summed E-state index contributed by atoms with van der Waals surface area (Å²) in [5.41, 5.74) is 1.49. The van der Waals surface area contributed by atoms with Gasteiger partial charge in [-0.25, -0.2) is 9.78 Å². The SMILES string of the molecule is CCc1nc2scc(-c3cccc(OC)c3)c2c(=O)n1Cc1ccc(C(=O)O)o1. The Morgan fingerprint density at radius 3 is 2.83 bits per heavy atom. The number of aromatic carboxylic acids is 1. The third kappa shape index (κ3) is 3.42. The number of nitrogens with zero attached hydrogens (tertiary/aromatic N) is 2. The molecule has 0 radical (unpaired) electrons. The number of thiophene rings is 1. The van der Waals surface area contributed by atoms with Crippen LogP contribution in [0.5, 0.6) is 5.75 Å². The first-order valence-corrected chi connectivity index (χ1v) is 9.87. The predicted octanol–water partition coefficient (Wildman–Crippen LogP) is 4.04. The van der Waals surface area contributed by atoms with E-state index in [1.54, 1.807) is 17.7 Å². The van der Waals surface area contributed by atoms with Gasteiger partial charge in [0, 0.05) is 17.4 Å². The molecule has 29 heavy (non-hydrogen) atoms. The van der Waals surface area contributed by atoms with E-state index >= 15 is 0 Å². The van der Waals surface area contributed by atoms with Crippen molar-refractivity contribution in [2.24, 2.45) is 0 Å². The number of hydrogen-bond donors (Lipinski definition) is 1. The number of fused-ring (bicyclic) bond motifs is 1. The zero-order chi connectivity index (χ0) is 20.5. The Morgan fingerprint density at radius 1 is 1.31 bits per heavy atom. The van der Waals surface area contributed by atoms with Crippen LogP contribution in [0.3, 0.4) is 0 Å². The fourth-order valence-electron chi connectivity index (χ4n) is 3.24. The van der Waals surface area contributed by atoms with Crippen LogP contribution in [0, 0.1) is 0 Å². The molecule has 8 heteroatoms. The molecule has 3 heterocycles. The number of furan rings is 1. The fourth-order valence-corrected chi connectivity index (χ4v) is 4.19. The molecule has 0 fully saturated rings. The lowest BCUT2D eigenvalue weighted by atomic mass is 10.1. The molecule has 0 saturated heterocycles. The number of carboxylic acid groups (broad SMARTS) is 1. The van der Waals surface area contributed by atoms with Crippen LogP contribution >= 0.6 is 11.3 Å². The lowest BCUT2D eigenvalue weighted by Gasteiger charge is -2.10. The molecule has 0 unspecified atom stereocenters. The summed E-state index contributed by atoms with van der Waals surface area (Å²) in [7, 11) is 1.60. The average Bonchev–Trinajstić information content (AvgIpc) is 3.37. The highest BCUT2D eigenvalue weighted by atomic mass is 32.1. The van der Waals surface area contributed by atoms with Gasteiger partial charge in [0.1, 0.15) is 22.2 Å². The van der Waals surface area contributed by atoms with Crippen LogP contribution in [0.15, 0.2) is 51.0 Å². The lowest BCUT2D eigenvalue weighted by Crippen LogP contribution is -2.25. The standard InChI is InChI=1S/C21H18N2O5S/c1-3-17-22-19-18(15(11-29-19)12-5-4-6-13(9-12)27-2)20(24)23(17)10-14-7-8-16(28-14)21(25)26/h4-9,11H,3,10H2,1-2H3,(H,25,26). The number of ether oxygens (including phenoxy) is 1. The molecule has 0 saturated carbocycles. The van der Waals surface area contributed by atoms with Crippen molar-refractivity contribution < 1.29 is 19.1 Å². The maximum atomic E-state index is 13.4. The number of hydrogen-bond acceptors (Lipinski definition) is 6. The van der Waals surface area contributed by atoms with E-state index in [9.17, 15) is 9.59 Å². The molecule has 0 atom stereocenters. The highest BCUT2D eigenvalue weighted by Gasteiger charge is 2.18. The van der Waals surface area contributed by atoms with E-state index in [-0.39, 0.29) is 17.9 Å². The molecule has 0 aliphatic heterocycles. The van der Waals surface area contributed by atoms with Gasteiger partial charge in [-0.3, -0.25) is 9.36 Å². The summed E-state index contributed by atoms with van der Waals surface area (Å²) in [6, 6.07) is 10.5. The van der Waals surface area contributed by atoms with Gasteiger partial charge in [-0.2, -0.15) is 0 Å². The molecule has 148 valence electrons. The van der Waals surface area contributed by atoms with Crippen molar-refractivity contribution in [2.45, 2.75) is 19.9 Å². The molecule has 1 aromatic carbocycles. The smallest absolute Gasteiger partial charge is 0.371 e. The molecule has 0 amide bonds. The normalized spacial score (nSPS) is 11.1. The number of aromatic nitrogens is 2. The first kappa shape index (κ1) is 18.9. The van der Waals surface area contributed by atoms with Crippen molar-refractivity contribution >= 4 is 27.5 Å². The van der Waals surface area contributed by atoms with Gasteiger partial charge in [0.25, 0.3) is 5.56 Å². The van der Waals surface area contributed by atoms with Crippen LogP contribution in [-0.4, -0.2) is 27.7 Å². The number of aryl methyl sites for hydroxylation is 1. The Labute approximate surface area is 169 Å². The van der Waals surface area contributed by atoms with Gasteiger partial charge in [-0.1, -0.05) is 19.1 Å². The number of benzene rings is 1. The summed E-state index contributed by atoms with van der Waals surface area (Å²) in [4.78, 5) is 29.8. The quantitative estimate of drug-likeness (QED) is 0.516. The van der Waals surface area contributed by atoms with Crippen LogP contribution in [-0.2, 0) is 13.0 Å². The molecule has 7 nitrogen and oxygen atoms in total. The summed E-state index contributed by atoms with van der Waals surface area (Å²) >= 11 is 1.42. The molecular weight excluding hydrogens is 392 g/mol. The van der Waals surface area contributed by atoms with E-state index in [1.165, 1.54) is 17.4 Å². The van der Waals surface area contributed by atoms with Gasteiger partial charge in [0.15, 0.2) is 0 Å². The van der Waals surface area contributed by atoms with Crippen molar-refractivity contribution in [1.29, 1.82) is 0 Å². The maximum absolute atomic E-state index is 13.4. The van der Waals surface area contributed by atoms with Crippen LogP contribution in [0.25, 0.3) is 21.3 Å². The highest BCUT2D eigenvalue weighted by molar-refractivity contribution is 7.17. The minimum Gasteiger partial charge on any atom is -0.497 e. The monoisotopic (exact) mass is 410 g/mol. The topological polar surface area (TPSA) is 94.6 Å². The van der Waals surface area contributed by atoms with Crippen molar-refractivity contribution in [3.63, 3.8) is 0 Å². The molecule has 3 aromatic heterocycles. The molecular formula is C21H18N2O5S. The van der Waals surface area contributed by atoms with Crippen LogP contribution in [0.1, 0.15) is 29.1 Å². The van der Waals surface area contributed by atoms with Crippen LogP contribution in [0.2, 0.25) is 0 Å². The van der Waals surface area contributed by atoms with Gasteiger partial charge >= 0.3 is 5.97 Å². The Hall–Kier alpha value is -3.39. The molecule has 0 aliphatic carbocycles. The maximum Gasteiger partial charge on any atom is 0.371 e. The summed E-state index contributed by atoms with van der Waals surface area (Å²) < 4.78 is 12.2. The van der Waals surface area contributed by atoms with Gasteiger partial charge in [-0.15, -0.1) is 11.3 Å². The minimum absolute atomic E-state index is 0.117. The second kappa shape index (κ2) is 7.56. The van der Waals surface area contributed by atoms with E-state index in [1.807, 2.05) is 36.6 Å². The van der Waals surface area contributed by atoms with Crippen molar-refractivity contribution in [1.82, 2.24) is 9.55 Å². The third-order valence-electron chi connectivity index (χ3n) is 4.66. The Balaban J connectivity index is 1.86. The predicted molar refractivity (Wildman–Crippen MR) is 110 cm³/mol. The van der Waals surface area contributed by atoms with E-state index < -0.39 is 5.97 Å². The number of methoxy groups -OCH3 is 1. The summed E-state index contributed by atoms with van der Waals surface area (Å²) in [6.45, 7) is 2.04. The van der Waals surface area contributed by atoms with E-state index in [2.05, 4.69) is 4.98 Å². The van der Waals surface area contributed by atoms with Gasteiger partial charge in [-0.05, 0) is 29.8 Å². The summed E-state index contributed by atoms with van der Waals surface area (Å²) in [6.07, 6.45) is 0.560. The Bertz CT molecular complexity index is 1270. The zero-order valence-corrected chi connectivity index (χ0v) is 16.7. The van der Waals surface area contributed by atoms with E-state index in [0.29, 0.717) is 34.0 Å². The first-order chi connectivity index (χ1) is 14.0. The summed E-state index contributed by atoms with van der Waals surface area (Å²) in [5, 5.41) is 11.5. The second-order valence-corrected chi connectivity index (χ2v) is 7.26. The lowest BCUT2D eigenvalue weighted by molar-refractivity contribution is 0.0660. The Morgan fingerprint density at radius 2 is 2.14 bits per heavy atom. The fraction of sp³-hybridized carbons (Fsp3) is 0.190. The van der Waals surface area contributed by atoms with Crippen LogP contribution < -0.4 is 10.3 Å². The zero-order valence-electron chi connectivity index (χ0n) is 15.8. The van der Waals surface area contributed by atoms with E-state index in [4.69, 9.17) is 14.3 Å². The number of rotatable bonds is 6. The number of carbonyl (C=O) groups is 1. The summed E-state index contributed by atoms with van der Waals surface area (Å²) in [5.74, 6) is 0.407. The third-order valence-corrected chi connectivity index (χ3v) is 5.53. The van der Waals surface area contributed by atoms with Gasteiger partial charge in [0.2, 0.25) is 5.76 Å². The van der Waals surface area contributed by atoms with Crippen LogP contribution in [0.4, 0.5) is 0 Å². The molecule has 1 N–H and O–H groups in total. The van der Waals surface area contributed by atoms with Crippen molar-refractivity contribution in [3.05, 3.63) is 69.5 Å². The number of carboxylic acids is 1. The van der Waals surface area contributed by atoms with Gasteiger partial charge < -0.3 is 14.3 Å². The van der Waals surface area contributed by atoms with Crippen molar-refractivity contribution in [3.8, 4) is 16.9 Å². The second-order valence-electron chi connectivity index (χ2n) is 6.41. The van der Waals surface area contributed by atoms with E-state index in [0.717, 1.165) is 11.1 Å². The highest BCUT2D eigenvalue weighted by Crippen LogP contribution is 2.33. The Kier molecular flexibility index (Phi) is 4.94. The molecule has 4 aromatic rings. The molecule has 0 spiro atoms. The molecule has 0 bridgehead atoms. The molecule has 0 aliphatic rings.